The first kappa shape index (κ1) is 17.7. The highest BCUT2D eigenvalue weighted by atomic mass is 16.6. The molecule has 23 heavy (non-hydrogen) atoms. The van der Waals surface area contributed by atoms with Crippen molar-refractivity contribution in [2.24, 2.45) is 5.92 Å². The summed E-state index contributed by atoms with van der Waals surface area (Å²) in [5.74, 6) is 0.440. The number of piperidine rings is 1. The van der Waals surface area contributed by atoms with E-state index in [0.717, 1.165) is 31.6 Å². The summed E-state index contributed by atoms with van der Waals surface area (Å²) in [7, 11) is 0. The Morgan fingerprint density at radius 3 is 2.91 bits per heavy atom. The molecule has 1 aromatic rings. The van der Waals surface area contributed by atoms with Crippen molar-refractivity contribution in [1.29, 1.82) is 0 Å². The molecule has 1 aromatic heterocycles. The van der Waals surface area contributed by atoms with E-state index in [0.29, 0.717) is 12.5 Å². The highest BCUT2D eigenvalue weighted by Gasteiger charge is 2.26. The number of rotatable bonds is 4. The van der Waals surface area contributed by atoms with Crippen LogP contribution in [0, 0.1) is 5.92 Å². The van der Waals surface area contributed by atoms with Gasteiger partial charge in [-0.3, -0.25) is 14.9 Å². The van der Waals surface area contributed by atoms with E-state index < -0.39 is 5.60 Å². The van der Waals surface area contributed by atoms with Crippen molar-refractivity contribution in [2.75, 3.05) is 19.6 Å². The Morgan fingerprint density at radius 1 is 1.48 bits per heavy atom. The van der Waals surface area contributed by atoms with Gasteiger partial charge in [-0.1, -0.05) is 0 Å². The van der Waals surface area contributed by atoms with Crippen LogP contribution in [0.25, 0.3) is 0 Å². The number of amides is 1. The smallest absolute Gasteiger partial charge is 0.407 e. The minimum atomic E-state index is -0.455. The van der Waals surface area contributed by atoms with Crippen molar-refractivity contribution in [3.8, 4) is 0 Å². The molecule has 128 valence electrons. The van der Waals surface area contributed by atoms with Gasteiger partial charge in [-0.15, -0.1) is 0 Å². The van der Waals surface area contributed by atoms with Crippen LogP contribution >= 0.6 is 0 Å². The van der Waals surface area contributed by atoms with E-state index in [4.69, 9.17) is 4.74 Å². The van der Waals surface area contributed by atoms with Crippen LogP contribution in [-0.4, -0.2) is 46.2 Å². The molecule has 1 amide bonds. The molecule has 0 spiro atoms. The summed E-state index contributed by atoms with van der Waals surface area (Å²) < 4.78 is 5.29. The summed E-state index contributed by atoms with van der Waals surface area (Å²) in [6, 6.07) is 0.244. The zero-order valence-corrected chi connectivity index (χ0v) is 14.6. The first-order chi connectivity index (χ1) is 10.8. The van der Waals surface area contributed by atoms with Gasteiger partial charge < -0.3 is 10.1 Å². The van der Waals surface area contributed by atoms with E-state index in [1.807, 2.05) is 27.0 Å². The maximum Gasteiger partial charge on any atom is 0.407 e. The Balaban J connectivity index is 1.83. The molecule has 0 aromatic carbocycles. The molecule has 1 N–H and O–H groups in total. The van der Waals surface area contributed by atoms with Crippen LogP contribution in [0.3, 0.4) is 0 Å². The number of aromatic nitrogens is 2. The molecule has 1 aliphatic rings. The van der Waals surface area contributed by atoms with Crippen molar-refractivity contribution in [1.82, 2.24) is 20.2 Å². The number of hydrogen-bond acceptors (Lipinski definition) is 5. The monoisotopic (exact) mass is 320 g/mol. The number of ether oxygens (including phenoxy) is 1. The van der Waals surface area contributed by atoms with Gasteiger partial charge in [0, 0.05) is 31.7 Å². The first-order valence-corrected chi connectivity index (χ1v) is 8.32. The SMILES string of the molecule is C[C@@H](c1cnccn1)N1CCC[C@@H](CNC(=O)OC(C)(C)C)C1. The standard InChI is InChI=1S/C17H28N4O2/c1-13(15-11-18-7-8-19-15)21-9-5-6-14(12-21)10-20-16(22)23-17(2,3)4/h7-8,11,13-14H,5-6,9-10,12H2,1-4H3,(H,20,22)/t13-,14-/m0/s1. The maximum absolute atomic E-state index is 11.8. The van der Waals surface area contributed by atoms with E-state index >= 15 is 0 Å². The third-order valence-corrected chi connectivity index (χ3v) is 4.04. The number of carbonyl (C=O) groups excluding carboxylic acids is 1. The summed E-state index contributed by atoms with van der Waals surface area (Å²) in [6.45, 7) is 10.4. The third kappa shape index (κ3) is 5.78. The van der Waals surface area contributed by atoms with Crippen LogP contribution < -0.4 is 5.32 Å². The van der Waals surface area contributed by atoms with E-state index in [2.05, 4.69) is 27.1 Å². The number of alkyl carbamates (subject to hydrolysis) is 1. The summed E-state index contributed by atoms with van der Waals surface area (Å²) >= 11 is 0. The lowest BCUT2D eigenvalue weighted by Gasteiger charge is -2.36. The Labute approximate surface area is 138 Å². The molecule has 0 aliphatic carbocycles. The number of nitrogens with zero attached hydrogens (tertiary/aromatic N) is 3. The normalized spacial score (nSPS) is 20.8. The Hall–Kier alpha value is -1.69. The fourth-order valence-corrected chi connectivity index (χ4v) is 2.87. The van der Waals surface area contributed by atoms with Gasteiger partial charge in [0.05, 0.1) is 11.7 Å². The largest absolute Gasteiger partial charge is 0.444 e. The van der Waals surface area contributed by atoms with Gasteiger partial charge in [-0.25, -0.2) is 4.79 Å². The van der Waals surface area contributed by atoms with E-state index in [-0.39, 0.29) is 12.1 Å². The summed E-state index contributed by atoms with van der Waals surface area (Å²) in [6.07, 6.45) is 7.17. The lowest BCUT2D eigenvalue weighted by molar-refractivity contribution is 0.0500. The van der Waals surface area contributed by atoms with Gasteiger partial charge in [0.1, 0.15) is 5.60 Å². The quantitative estimate of drug-likeness (QED) is 0.924. The van der Waals surface area contributed by atoms with Crippen LogP contribution in [0.15, 0.2) is 18.6 Å². The molecule has 1 saturated heterocycles. The molecule has 6 heteroatoms. The minimum absolute atomic E-state index is 0.244. The molecule has 2 heterocycles. The fraction of sp³-hybridized carbons (Fsp3) is 0.706. The van der Waals surface area contributed by atoms with Crippen LogP contribution in [0.4, 0.5) is 4.79 Å². The van der Waals surface area contributed by atoms with E-state index in [9.17, 15) is 4.79 Å². The van der Waals surface area contributed by atoms with Gasteiger partial charge in [0.15, 0.2) is 0 Å². The zero-order chi connectivity index (χ0) is 16.9. The van der Waals surface area contributed by atoms with Crippen molar-refractivity contribution in [3.05, 3.63) is 24.3 Å². The van der Waals surface area contributed by atoms with Gasteiger partial charge in [0.25, 0.3) is 0 Å². The summed E-state index contributed by atoms with van der Waals surface area (Å²) in [5, 5.41) is 2.89. The molecule has 6 nitrogen and oxygen atoms in total. The second-order valence-corrected chi connectivity index (χ2v) is 7.19. The number of likely N-dealkylation sites (tertiary alicyclic amines) is 1. The molecule has 2 atom stereocenters. The number of hydrogen-bond donors (Lipinski definition) is 1. The average molecular weight is 320 g/mol. The van der Waals surface area contributed by atoms with Crippen LogP contribution in [0.1, 0.15) is 52.3 Å². The van der Waals surface area contributed by atoms with Gasteiger partial charge in [0.2, 0.25) is 0 Å². The first-order valence-electron chi connectivity index (χ1n) is 8.32. The van der Waals surface area contributed by atoms with Crippen molar-refractivity contribution in [2.45, 2.75) is 52.2 Å². The highest BCUT2D eigenvalue weighted by molar-refractivity contribution is 5.67. The summed E-state index contributed by atoms with van der Waals surface area (Å²) in [5.41, 5.74) is 0.539. The predicted molar refractivity (Wildman–Crippen MR) is 89.0 cm³/mol. The second kappa shape index (κ2) is 7.73. The molecule has 2 rings (SSSR count). The van der Waals surface area contributed by atoms with Gasteiger partial charge in [-0.05, 0) is 53.0 Å². The van der Waals surface area contributed by atoms with Crippen LogP contribution in [0.2, 0.25) is 0 Å². The lowest BCUT2D eigenvalue weighted by atomic mass is 9.96. The molecule has 0 radical (unpaired) electrons. The number of carbonyl (C=O) groups is 1. The molecule has 1 aliphatic heterocycles. The van der Waals surface area contributed by atoms with Crippen molar-refractivity contribution >= 4 is 6.09 Å². The molecule has 1 fully saturated rings. The Morgan fingerprint density at radius 2 is 2.26 bits per heavy atom. The lowest BCUT2D eigenvalue weighted by Crippen LogP contribution is -2.43. The topological polar surface area (TPSA) is 67.4 Å². The van der Waals surface area contributed by atoms with E-state index in [1.54, 1.807) is 12.4 Å². The predicted octanol–water partition coefficient (Wildman–Crippen LogP) is 2.77. The maximum atomic E-state index is 11.8. The van der Waals surface area contributed by atoms with Crippen LogP contribution in [0.5, 0.6) is 0 Å². The molecule has 0 unspecified atom stereocenters. The molecule has 0 saturated carbocycles. The molecular formula is C17H28N4O2. The summed E-state index contributed by atoms with van der Waals surface area (Å²) in [4.78, 5) is 22.7. The highest BCUT2D eigenvalue weighted by Crippen LogP contribution is 2.24. The Bertz CT molecular complexity index is 501. The molecular weight excluding hydrogens is 292 g/mol. The van der Waals surface area contributed by atoms with Gasteiger partial charge >= 0.3 is 6.09 Å². The van der Waals surface area contributed by atoms with Gasteiger partial charge in [-0.2, -0.15) is 0 Å². The zero-order valence-electron chi connectivity index (χ0n) is 14.6. The van der Waals surface area contributed by atoms with Crippen molar-refractivity contribution < 1.29 is 9.53 Å². The van der Waals surface area contributed by atoms with E-state index in [1.165, 1.54) is 0 Å². The fourth-order valence-electron chi connectivity index (χ4n) is 2.87. The van der Waals surface area contributed by atoms with Crippen LogP contribution in [-0.2, 0) is 4.74 Å². The average Bonchev–Trinajstić information content (AvgIpc) is 2.52. The minimum Gasteiger partial charge on any atom is -0.444 e. The second-order valence-electron chi connectivity index (χ2n) is 7.19. The number of nitrogens with one attached hydrogen (secondary N) is 1. The van der Waals surface area contributed by atoms with Crippen molar-refractivity contribution in [3.63, 3.8) is 0 Å². The molecule has 0 bridgehead atoms. The Kier molecular flexibility index (Phi) is 5.93. The third-order valence-electron chi connectivity index (χ3n) is 4.04.